The summed E-state index contributed by atoms with van der Waals surface area (Å²) in [4.78, 5) is 34.1. The number of rotatable bonds is 5. The van der Waals surface area contributed by atoms with Gasteiger partial charge in [-0.3, -0.25) is 4.79 Å². The zero-order valence-electron chi connectivity index (χ0n) is 18.5. The fourth-order valence-corrected chi connectivity index (χ4v) is 4.30. The van der Waals surface area contributed by atoms with Gasteiger partial charge in [-0.15, -0.1) is 0 Å². The Morgan fingerprint density at radius 3 is 2.66 bits per heavy atom. The normalized spacial score (nSPS) is 17.4. The van der Waals surface area contributed by atoms with Crippen molar-refractivity contribution in [2.24, 2.45) is 5.92 Å². The molecule has 1 atom stereocenters. The van der Waals surface area contributed by atoms with Crippen LogP contribution < -0.4 is 16.0 Å². The van der Waals surface area contributed by atoms with Crippen molar-refractivity contribution in [1.29, 1.82) is 0 Å². The highest BCUT2D eigenvalue weighted by atomic mass is 16.2. The number of anilines is 3. The zero-order valence-corrected chi connectivity index (χ0v) is 18.5. The number of aromatic nitrogens is 4. The predicted octanol–water partition coefficient (Wildman–Crippen LogP) is 2.54. The first-order chi connectivity index (χ1) is 15.5. The van der Waals surface area contributed by atoms with E-state index in [0.29, 0.717) is 11.9 Å². The summed E-state index contributed by atoms with van der Waals surface area (Å²) in [5, 5.41) is 4.43. The number of fused-ring (bicyclic) bond motifs is 1. The largest absolute Gasteiger partial charge is 0.368 e. The molecule has 0 radical (unpaired) electrons. The Morgan fingerprint density at radius 2 is 1.94 bits per heavy atom. The molecule has 0 bridgehead atoms. The minimum atomic E-state index is -0.102. The van der Waals surface area contributed by atoms with Crippen molar-refractivity contribution in [3.8, 4) is 0 Å². The average Bonchev–Trinajstić information content (AvgIpc) is 3.64. The maximum atomic E-state index is 12.5. The Labute approximate surface area is 187 Å². The standard InChI is InChI=1S/C23H28N8O/c1-14-4-3-5-17-12-18(15(2)27-23-26-13-25-22(24)29-23)20(28-19(14)17)30-8-10-31(11-9-30)21(32)16-6-7-16/h3-5,12-13,15-16H,6-11H2,1-2H3,(H3,24,25,26,27,29)/t15-/m0/s1. The van der Waals surface area contributed by atoms with Crippen molar-refractivity contribution in [3.05, 3.63) is 41.7 Å². The molecule has 2 aliphatic rings. The van der Waals surface area contributed by atoms with Gasteiger partial charge >= 0.3 is 0 Å². The van der Waals surface area contributed by atoms with Gasteiger partial charge in [0, 0.05) is 43.0 Å². The van der Waals surface area contributed by atoms with E-state index in [1.165, 1.54) is 6.33 Å². The molecule has 5 rings (SSSR count). The Bertz CT molecular complexity index is 1150. The van der Waals surface area contributed by atoms with E-state index in [-0.39, 0.29) is 17.9 Å². The summed E-state index contributed by atoms with van der Waals surface area (Å²) < 4.78 is 0. The van der Waals surface area contributed by atoms with Crippen molar-refractivity contribution >= 4 is 34.5 Å². The molecule has 2 fully saturated rings. The van der Waals surface area contributed by atoms with Gasteiger partial charge in [-0.05, 0) is 38.3 Å². The molecule has 3 heterocycles. The van der Waals surface area contributed by atoms with Crippen LogP contribution in [0, 0.1) is 12.8 Å². The molecule has 166 valence electrons. The van der Waals surface area contributed by atoms with Crippen LogP contribution in [0.1, 0.15) is 36.9 Å². The van der Waals surface area contributed by atoms with Crippen LogP contribution in [0.15, 0.2) is 30.6 Å². The lowest BCUT2D eigenvalue weighted by Crippen LogP contribution is -2.49. The summed E-state index contributed by atoms with van der Waals surface area (Å²) in [5.41, 5.74) is 8.92. The summed E-state index contributed by atoms with van der Waals surface area (Å²) >= 11 is 0. The fourth-order valence-electron chi connectivity index (χ4n) is 4.30. The molecule has 0 unspecified atom stereocenters. The van der Waals surface area contributed by atoms with Crippen LogP contribution in [0.25, 0.3) is 10.9 Å². The lowest BCUT2D eigenvalue weighted by atomic mass is 10.0. The van der Waals surface area contributed by atoms with Crippen molar-refractivity contribution in [1.82, 2.24) is 24.8 Å². The molecule has 1 amide bonds. The van der Waals surface area contributed by atoms with Crippen molar-refractivity contribution in [3.63, 3.8) is 0 Å². The third-order valence-corrected chi connectivity index (χ3v) is 6.28. The number of hydrogen-bond donors (Lipinski definition) is 2. The van der Waals surface area contributed by atoms with E-state index in [2.05, 4.69) is 63.3 Å². The molecule has 3 aromatic rings. The molecular weight excluding hydrogens is 404 g/mol. The number of aryl methyl sites for hydroxylation is 1. The number of carbonyl (C=O) groups excluding carboxylic acids is 1. The van der Waals surface area contributed by atoms with E-state index in [0.717, 1.165) is 66.9 Å². The van der Waals surface area contributed by atoms with Crippen molar-refractivity contribution < 1.29 is 4.79 Å². The topological polar surface area (TPSA) is 113 Å². The third-order valence-electron chi connectivity index (χ3n) is 6.28. The summed E-state index contributed by atoms with van der Waals surface area (Å²) in [6, 6.07) is 8.31. The first kappa shape index (κ1) is 20.4. The SMILES string of the molecule is Cc1cccc2cc([C@H](C)Nc3ncnc(N)n3)c(N3CCN(C(=O)C4CC4)CC3)nc12. The van der Waals surface area contributed by atoms with Crippen LogP contribution >= 0.6 is 0 Å². The van der Waals surface area contributed by atoms with E-state index in [4.69, 9.17) is 10.7 Å². The number of benzene rings is 1. The molecule has 9 nitrogen and oxygen atoms in total. The van der Waals surface area contributed by atoms with Crippen LogP contribution in [0.3, 0.4) is 0 Å². The number of nitrogens with two attached hydrogens (primary N) is 1. The highest BCUT2D eigenvalue weighted by Gasteiger charge is 2.35. The molecule has 1 aliphatic carbocycles. The van der Waals surface area contributed by atoms with Gasteiger partial charge in [-0.25, -0.2) is 15.0 Å². The number of para-hydroxylation sites is 1. The Hall–Kier alpha value is -3.49. The number of pyridine rings is 1. The van der Waals surface area contributed by atoms with E-state index in [1.54, 1.807) is 0 Å². The first-order valence-corrected chi connectivity index (χ1v) is 11.1. The van der Waals surface area contributed by atoms with Crippen molar-refractivity contribution in [2.45, 2.75) is 32.7 Å². The predicted molar refractivity (Wildman–Crippen MR) is 124 cm³/mol. The maximum absolute atomic E-state index is 12.5. The van der Waals surface area contributed by atoms with Gasteiger partial charge in [0.2, 0.25) is 17.8 Å². The summed E-state index contributed by atoms with van der Waals surface area (Å²) in [6.07, 6.45) is 3.48. The molecule has 2 aromatic heterocycles. The van der Waals surface area contributed by atoms with Gasteiger partial charge in [0.05, 0.1) is 11.6 Å². The highest BCUT2D eigenvalue weighted by Crippen LogP contribution is 2.34. The summed E-state index contributed by atoms with van der Waals surface area (Å²) in [6.45, 7) is 7.14. The molecule has 9 heteroatoms. The highest BCUT2D eigenvalue weighted by molar-refractivity contribution is 5.85. The molecule has 1 saturated heterocycles. The second kappa shape index (κ2) is 8.22. The smallest absolute Gasteiger partial charge is 0.227 e. The van der Waals surface area contributed by atoms with Crippen LogP contribution in [-0.2, 0) is 4.79 Å². The minimum Gasteiger partial charge on any atom is -0.368 e. The number of carbonyl (C=O) groups is 1. The average molecular weight is 433 g/mol. The summed E-state index contributed by atoms with van der Waals surface area (Å²) in [5.74, 6) is 2.12. The zero-order chi connectivity index (χ0) is 22.2. The van der Waals surface area contributed by atoms with Gasteiger partial charge in [0.1, 0.15) is 12.1 Å². The number of nitrogens with one attached hydrogen (secondary N) is 1. The molecule has 32 heavy (non-hydrogen) atoms. The van der Waals surface area contributed by atoms with E-state index < -0.39 is 0 Å². The number of nitrogens with zero attached hydrogens (tertiary/aromatic N) is 6. The number of piperazine rings is 1. The molecular formula is C23H28N8O. The quantitative estimate of drug-likeness (QED) is 0.632. The Kier molecular flexibility index (Phi) is 5.24. The van der Waals surface area contributed by atoms with E-state index in [9.17, 15) is 4.79 Å². The molecule has 1 aromatic carbocycles. The van der Waals surface area contributed by atoms with Crippen molar-refractivity contribution in [2.75, 3.05) is 42.1 Å². The van der Waals surface area contributed by atoms with E-state index in [1.807, 2.05) is 4.90 Å². The summed E-state index contributed by atoms with van der Waals surface area (Å²) in [7, 11) is 0. The van der Waals surface area contributed by atoms with E-state index >= 15 is 0 Å². The Morgan fingerprint density at radius 1 is 1.16 bits per heavy atom. The third kappa shape index (κ3) is 4.02. The Balaban J connectivity index is 1.46. The van der Waals surface area contributed by atoms with Gasteiger partial charge in [-0.2, -0.15) is 4.98 Å². The van der Waals surface area contributed by atoms with Crippen LogP contribution in [0.4, 0.5) is 17.7 Å². The number of nitrogen functional groups attached to an aromatic ring is 1. The maximum Gasteiger partial charge on any atom is 0.227 e. The monoisotopic (exact) mass is 432 g/mol. The lowest BCUT2D eigenvalue weighted by Gasteiger charge is -2.37. The molecule has 1 saturated carbocycles. The number of hydrogen-bond acceptors (Lipinski definition) is 8. The van der Waals surface area contributed by atoms with Crippen LogP contribution in [0.5, 0.6) is 0 Å². The second-order valence-corrected chi connectivity index (χ2v) is 8.67. The van der Waals surface area contributed by atoms with Gasteiger partial charge in [-0.1, -0.05) is 18.2 Å². The van der Waals surface area contributed by atoms with Crippen LogP contribution in [0.2, 0.25) is 0 Å². The van der Waals surface area contributed by atoms with Gasteiger partial charge in [0.25, 0.3) is 0 Å². The molecule has 1 aliphatic heterocycles. The van der Waals surface area contributed by atoms with Crippen LogP contribution in [-0.4, -0.2) is 56.9 Å². The molecule has 0 spiro atoms. The second-order valence-electron chi connectivity index (χ2n) is 8.67. The fraction of sp³-hybridized carbons (Fsp3) is 0.435. The van der Waals surface area contributed by atoms with Gasteiger partial charge in [0.15, 0.2) is 0 Å². The molecule has 3 N–H and O–H groups in total. The first-order valence-electron chi connectivity index (χ1n) is 11.1. The minimum absolute atomic E-state index is 0.102. The lowest BCUT2D eigenvalue weighted by molar-refractivity contribution is -0.132. The number of amides is 1. The van der Waals surface area contributed by atoms with Gasteiger partial charge < -0.3 is 20.9 Å².